The summed E-state index contributed by atoms with van der Waals surface area (Å²) in [6, 6.07) is 6.00. The molecule has 1 amide bonds. The van der Waals surface area contributed by atoms with Crippen LogP contribution in [0.2, 0.25) is 0 Å². The smallest absolute Gasteiger partial charge is 0.254 e. The molecule has 1 heterocycles. The van der Waals surface area contributed by atoms with Crippen LogP contribution in [0.4, 0.5) is 16.0 Å². The summed E-state index contributed by atoms with van der Waals surface area (Å²) in [4.78, 5) is 22.1. The maximum Gasteiger partial charge on any atom is 0.254 e. The fraction of sp³-hybridized carbons (Fsp3) is 0.312. The van der Waals surface area contributed by atoms with Crippen LogP contribution in [0.25, 0.3) is 0 Å². The lowest BCUT2D eigenvalue weighted by atomic mass is 10.3. The van der Waals surface area contributed by atoms with Crippen molar-refractivity contribution < 1.29 is 9.18 Å². The van der Waals surface area contributed by atoms with Crippen LogP contribution in [-0.4, -0.2) is 48.0 Å². The van der Waals surface area contributed by atoms with Crippen molar-refractivity contribution in [2.24, 2.45) is 0 Å². The average molecular weight is 317 g/mol. The third kappa shape index (κ3) is 5.63. The third-order valence-corrected chi connectivity index (χ3v) is 3.06. The molecule has 0 radical (unpaired) electrons. The van der Waals surface area contributed by atoms with E-state index in [-0.39, 0.29) is 11.7 Å². The van der Waals surface area contributed by atoms with E-state index in [1.54, 1.807) is 12.1 Å². The summed E-state index contributed by atoms with van der Waals surface area (Å²) in [7, 11) is 3.97. The molecule has 0 aliphatic rings. The van der Waals surface area contributed by atoms with Gasteiger partial charge in [-0.3, -0.25) is 4.79 Å². The summed E-state index contributed by atoms with van der Waals surface area (Å²) < 4.78 is 13.1. The van der Waals surface area contributed by atoms with E-state index in [0.717, 1.165) is 13.0 Å². The minimum atomic E-state index is -0.344. The Morgan fingerprint density at radius 1 is 1.26 bits per heavy atom. The number of hydrogen-bond acceptors (Lipinski definition) is 5. The van der Waals surface area contributed by atoms with Crippen molar-refractivity contribution in [3.05, 3.63) is 48.0 Å². The molecule has 0 fully saturated rings. The molecule has 122 valence electrons. The van der Waals surface area contributed by atoms with Gasteiger partial charge in [0.05, 0.1) is 5.56 Å². The quantitative estimate of drug-likeness (QED) is 0.765. The minimum Gasteiger partial charge on any atom is -0.352 e. The highest BCUT2D eigenvalue weighted by molar-refractivity contribution is 5.93. The van der Waals surface area contributed by atoms with E-state index in [1.807, 2.05) is 14.1 Å². The zero-order chi connectivity index (χ0) is 16.7. The number of rotatable bonds is 7. The second-order valence-electron chi connectivity index (χ2n) is 5.34. The van der Waals surface area contributed by atoms with Gasteiger partial charge in [-0.25, -0.2) is 14.4 Å². The molecule has 0 saturated carbocycles. The van der Waals surface area contributed by atoms with Crippen molar-refractivity contribution in [3.63, 3.8) is 0 Å². The molecule has 1 aromatic heterocycles. The minimum absolute atomic E-state index is 0.207. The van der Waals surface area contributed by atoms with Crippen LogP contribution in [-0.2, 0) is 0 Å². The number of amides is 1. The van der Waals surface area contributed by atoms with Gasteiger partial charge in [-0.15, -0.1) is 0 Å². The highest BCUT2D eigenvalue weighted by atomic mass is 19.1. The highest BCUT2D eigenvalue weighted by Crippen LogP contribution is 2.13. The van der Waals surface area contributed by atoms with Crippen LogP contribution >= 0.6 is 0 Å². The molecule has 0 bridgehead atoms. The summed E-state index contributed by atoms with van der Waals surface area (Å²) >= 11 is 0. The second-order valence-corrected chi connectivity index (χ2v) is 5.34. The normalized spacial score (nSPS) is 10.6. The van der Waals surface area contributed by atoms with Crippen molar-refractivity contribution >= 4 is 17.5 Å². The van der Waals surface area contributed by atoms with Gasteiger partial charge in [0, 0.05) is 24.6 Å². The molecular weight excluding hydrogens is 297 g/mol. The fourth-order valence-corrected chi connectivity index (χ4v) is 1.90. The lowest BCUT2D eigenvalue weighted by molar-refractivity contribution is 0.0951. The zero-order valence-electron chi connectivity index (χ0n) is 13.2. The first-order valence-electron chi connectivity index (χ1n) is 7.32. The van der Waals surface area contributed by atoms with Gasteiger partial charge in [-0.1, -0.05) is 6.07 Å². The molecule has 2 N–H and O–H groups in total. The van der Waals surface area contributed by atoms with Gasteiger partial charge in [0.1, 0.15) is 5.82 Å². The van der Waals surface area contributed by atoms with E-state index in [0.29, 0.717) is 23.7 Å². The number of carbonyl (C=O) groups excluding carboxylic acids is 1. The maximum absolute atomic E-state index is 13.1. The Morgan fingerprint density at radius 2 is 2.00 bits per heavy atom. The first-order valence-corrected chi connectivity index (χ1v) is 7.32. The number of halogens is 1. The van der Waals surface area contributed by atoms with Crippen LogP contribution in [0, 0.1) is 5.82 Å². The van der Waals surface area contributed by atoms with Gasteiger partial charge in [-0.05, 0) is 45.3 Å². The summed E-state index contributed by atoms with van der Waals surface area (Å²) in [5, 5.41) is 5.69. The summed E-state index contributed by atoms with van der Waals surface area (Å²) in [5.41, 5.74) is 0.936. The topological polar surface area (TPSA) is 70.2 Å². The summed E-state index contributed by atoms with van der Waals surface area (Å²) in [5.74, 6) is -0.246. The molecule has 2 rings (SSSR count). The number of anilines is 2. The van der Waals surface area contributed by atoms with E-state index in [1.165, 1.54) is 24.5 Å². The number of aromatic nitrogens is 2. The molecule has 6 nitrogen and oxygen atoms in total. The molecule has 2 aromatic rings. The zero-order valence-corrected chi connectivity index (χ0v) is 13.2. The Bertz CT molecular complexity index is 645. The Kier molecular flexibility index (Phi) is 5.99. The Balaban J connectivity index is 1.87. The van der Waals surface area contributed by atoms with Gasteiger partial charge in [0.2, 0.25) is 5.95 Å². The molecule has 0 saturated heterocycles. The highest BCUT2D eigenvalue weighted by Gasteiger charge is 2.07. The lowest BCUT2D eigenvalue weighted by Gasteiger charge is -2.10. The standard InChI is InChI=1S/C16H20FN5O/c1-22(2)8-4-7-18-15(23)12-10-19-16(20-11-12)21-14-6-3-5-13(17)9-14/h3,5-6,9-11H,4,7-8H2,1-2H3,(H,18,23)(H,19,20,21). The van der Waals surface area contributed by atoms with Gasteiger partial charge in [0.15, 0.2) is 0 Å². The summed E-state index contributed by atoms with van der Waals surface area (Å²) in [6.07, 6.45) is 3.75. The van der Waals surface area contributed by atoms with Crippen LogP contribution in [0.1, 0.15) is 16.8 Å². The van der Waals surface area contributed by atoms with Crippen molar-refractivity contribution in [1.29, 1.82) is 0 Å². The van der Waals surface area contributed by atoms with E-state index >= 15 is 0 Å². The largest absolute Gasteiger partial charge is 0.352 e. The number of nitrogens with zero attached hydrogens (tertiary/aromatic N) is 3. The Morgan fingerprint density at radius 3 is 2.65 bits per heavy atom. The fourth-order valence-electron chi connectivity index (χ4n) is 1.90. The average Bonchev–Trinajstić information content (AvgIpc) is 2.52. The van der Waals surface area contributed by atoms with E-state index in [2.05, 4.69) is 25.5 Å². The van der Waals surface area contributed by atoms with E-state index in [4.69, 9.17) is 0 Å². The van der Waals surface area contributed by atoms with Crippen LogP contribution in [0.3, 0.4) is 0 Å². The molecule has 0 aliphatic heterocycles. The predicted molar refractivity (Wildman–Crippen MR) is 87.2 cm³/mol. The molecule has 1 aromatic carbocycles. The molecular formula is C16H20FN5O. The van der Waals surface area contributed by atoms with Crippen LogP contribution in [0.15, 0.2) is 36.7 Å². The van der Waals surface area contributed by atoms with Crippen LogP contribution in [0.5, 0.6) is 0 Å². The molecule has 0 atom stereocenters. The monoisotopic (exact) mass is 317 g/mol. The van der Waals surface area contributed by atoms with Gasteiger partial charge >= 0.3 is 0 Å². The number of hydrogen-bond donors (Lipinski definition) is 2. The number of carbonyl (C=O) groups is 1. The second kappa shape index (κ2) is 8.19. The van der Waals surface area contributed by atoms with Crippen molar-refractivity contribution in [1.82, 2.24) is 20.2 Å². The van der Waals surface area contributed by atoms with Gasteiger partial charge in [-0.2, -0.15) is 0 Å². The maximum atomic E-state index is 13.1. The molecule has 7 heteroatoms. The first-order chi connectivity index (χ1) is 11.0. The first kappa shape index (κ1) is 16.8. The Labute approximate surface area is 134 Å². The van der Waals surface area contributed by atoms with Gasteiger partial charge in [0.25, 0.3) is 5.91 Å². The third-order valence-electron chi connectivity index (χ3n) is 3.06. The van der Waals surface area contributed by atoms with Crippen molar-refractivity contribution in [2.75, 3.05) is 32.5 Å². The van der Waals surface area contributed by atoms with E-state index in [9.17, 15) is 9.18 Å². The predicted octanol–water partition coefficient (Wildman–Crippen LogP) is 2.04. The van der Waals surface area contributed by atoms with E-state index < -0.39 is 0 Å². The Hall–Kier alpha value is -2.54. The van der Waals surface area contributed by atoms with Gasteiger partial charge < -0.3 is 15.5 Å². The number of benzene rings is 1. The molecule has 0 spiro atoms. The molecule has 0 unspecified atom stereocenters. The molecule has 23 heavy (non-hydrogen) atoms. The molecule has 0 aliphatic carbocycles. The summed E-state index contributed by atoms with van der Waals surface area (Å²) in [6.45, 7) is 1.51. The van der Waals surface area contributed by atoms with Crippen molar-refractivity contribution in [2.45, 2.75) is 6.42 Å². The number of nitrogens with one attached hydrogen (secondary N) is 2. The lowest BCUT2D eigenvalue weighted by Crippen LogP contribution is -2.27. The van der Waals surface area contributed by atoms with Crippen molar-refractivity contribution in [3.8, 4) is 0 Å². The van der Waals surface area contributed by atoms with Crippen LogP contribution < -0.4 is 10.6 Å². The SMILES string of the molecule is CN(C)CCCNC(=O)c1cnc(Nc2cccc(F)c2)nc1.